The molecule has 2 aromatic rings. The van der Waals surface area contributed by atoms with Gasteiger partial charge in [-0.05, 0) is 43.9 Å². The zero-order valence-electron chi connectivity index (χ0n) is 19.8. The zero-order valence-corrected chi connectivity index (χ0v) is 19.8. The number of alkyl halides is 5. The summed E-state index contributed by atoms with van der Waals surface area (Å²) in [5, 5.41) is 5.58. The topological polar surface area (TPSA) is 85.4 Å². The molecule has 1 amide bonds. The van der Waals surface area contributed by atoms with Gasteiger partial charge in [0, 0.05) is 0 Å². The molecule has 12 heteroatoms. The van der Waals surface area contributed by atoms with Crippen LogP contribution in [0.15, 0.2) is 18.2 Å². The van der Waals surface area contributed by atoms with Crippen molar-refractivity contribution in [3.05, 3.63) is 52.0 Å². The van der Waals surface area contributed by atoms with Crippen molar-refractivity contribution in [2.45, 2.75) is 57.2 Å². The first-order valence-electron chi connectivity index (χ1n) is 11.5. The van der Waals surface area contributed by atoms with E-state index in [0.717, 1.165) is 6.07 Å². The maximum absolute atomic E-state index is 14.2. The van der Waals surface area contributed by atoms with E-state index in [1.807, 2.05) is 0 Å². The number of rotatable bonds is 9. The molecule has 1 aromatic heterocycles. The molecule has 2 N–H and O–H groups in total. The van der Waals surface area contributed by atoms with E-state index in [2.05, 4.69) is 20.6 Å². The SMILES string of the molecule is Cc1nc(CC(=O)NC2(CF)CC2)c(C2OCCO2)c(N[C@H](CF)c2cccc(C(F)(F)F)c2C)n1. The van der Waals surface area contributed by atoms with Gasteiger partial charge in [0.1, 0.15) is 25.0 Å². The number of benzene rings is 1. The monoisotopic (exact) mass is 514 g/mol. The fourth-order valence-corrected chi connectivity index (χ4v) is 4.29. The van der Waals surface area contributed by atoms with Gasteiger partial charge in [-0.25, -0.2) is 18.7 Å². The summed E-state index contributed by atoms with van der Waals surface area (Å²) in [5.41, 5.74) is -1.21. The Morgan fingerprint density at radius 2 is 1.86 bits per heavy atom. The highest BCUT2D eigenvalue weighted by molar-refractivity contribution is 5.80. The Balaban J connectivity index is 1.69. The lowest BCUT2D eigenvalue weighted by Crippen LogP contribution is -2.39. The predicted molar refractivity (Wildman–Crippen MR) is 120 cm³/mol. The lowest BCUT2D eigenvalue weighted by atomic mass is 9.96. The first kappa shape index (κ1) is 26.2. The maximum atomic E-state index is 14.2. The maximum Gasteiger partial charge on any atom is 0.416 e. The third kappa shape index (κ3) is 5.59. The summed E-state index contributed by atoms with van der Waals surface area (Å²) < 4.78 is 79.0. The van der Waals surface area contributed by atoms with Gasteiger partial charge in [-0.3, -0.25) is 4.79 Å². The van der Waals surface area contributed by atoms with E-state index < -0.39 is 48.9 Å². The largest absolute Gasteiger partial charge is 0.416 e. The van der Waals surface area contributed by atoms with E-state index >= 15 is 0 Å². The molecule has 2 aliphatic rings. The van der Waals surface area contributed by atoms with Crippen LogP contribution in [-0.2, 0) is 26.9 Å². The molecule has 0 bridgehead atoms. The van der Waals surface area contributed by atoms with Gasteiger partial charge in [0.25, 0.3) is 0 Å². The molecule has 1 aliphatic heterocycles. The first-order chi connectivity index (χ1) is 17.1. The van der Waals surface area contributed by atoms with E-state index in [1.54, 1.807) is 6.92 Å². The zero-order chi connectivity index (χ0) is 26.1. The van der Waals surface area contributed by atoms with Gasteiger partial charge in [-0.2, -0.15) is 13.2 Å². The van der Waals surface area contributed by atoms with Crippen LogP contribution in [0.4, 0.5) is 27.8 Å². The number of halogens is 5. The fourth-order valence-electron chi connectivity index (χ4n) is 4.29. The van der Waals surface area contributed by atoms with E-state index in [0.29, 0.717) is 12.8 Å². The van der Waals surface area contributed by atoms with Gasteiger partial charge in [0.05, 0.1) is 48.0 Å². The van der Waals surface area contributed by atoms with E-state index in [4.69, 9.17) is 9.47 Å². The summed E-state index contributed by atoms with van der Waals surface area (Å²) in [5.74, 6) is -0.125. The number of aryl methyl sites for hydroxylation is 1. The van der Waals surface area contributed by atoms with Crippen molar-refractivity contribution in [2.75, 3.05) is 31.9 Å². The molecular formula is C24H27F5N4O3. The van der Waals surface area contributed by atoms with Crippen molar-refractivity contribution in [2.24, 2.45) is 0 Å². The summed E-state index contributed by atoms with van der Waals surface area (Å²) in [6.07, 6.45) is -4.71. The van der Waals surface area contributed by atoms with Crippen LogP contribution in [0.5, 0.6) is 0 Å². The third-order valence-corrected chi connectivity index (χ3v) is 6.36. The summed E-state index contributed by atoms with van der Waals surface area (Å²) in [6, 6.07) is 2.40. The van der Waals surface area contributed by atoms with Crippen LogP contribution >= 0.6 is 0 Å². The second kappa shape index (κ2) is 10.3. The summed E-state index contributed by atoms with van der Waals surface area (Å²) >= 11 is 0. The van der Waals surface area contributed by atoms with Crippen LogP contribution in [0.2, 0.25) is 0 Å². The third-order valence-electron chi connectivity index (χ3n) is 6.36. The van der Waals surface area contributed by atoms with Crippen molar-refractivity contribution in [1.29, 1.82) is 0 Å². The molecule has 1 aromatic carbocycles. The van der Waals surface area contributed by atoms with Gasteiger partial charge >= 0.3 is 6.18 Å². The van der Waals surface area contributed by atoms with Crippen molar-refractivity contribution in [3.8, 4) is 0 Å². The fraction of sp³-hybridized carbons (Fsp3) is 0.542. The van der Waals surface area contributed by atoms with Crippen molar-refractivity contribution in [3.63, 3.8) is 0 Å². The molecule has 36 heavy (non-hydrogen) atoms. The van der Waals surface area contributed by atoms with Crippen LogP contribution < -0.4 is 10.6 Å². The summed E-state index contributed by atoms with van der Waals surface area (Å²) in [7, 11) is 0. The standard InChI is InChI=1S/C24H27F5N4O3/c1-13-15(4-3-5-16(13)24(27,28)29)18(11-25)32-21-20(22-35-8-9-36-22)17(30-14(2)31-21)10-19(34)33-23(12-26)6-7-23/h3-5,18,22H,6-12H2,1-2H3,(H,33,34)(H,30,31,32)/t18-/m1/s1. The van der Waals surface area contributed by atoms with Gasteiger partial charge in [0.2, 0.25) is 5.91 Å². The van der Waals surface area contributed by atoms with Crippen LogP contribution in [0.25, 0.3) is 0 Å². The number of amides is 1. The number of nitrogens with zero attached hydrogens (tertiary/aromatic N) is 2. The predicted octanol–water partition coefficient (Wildman–Crippen LogP) is 4.44. The molecule has 2 fully saturated rings. The van der Waals surface area contributed by atoms with Crippen molar-refractivity contribution < 1.29 is 36.2 Å². The van der Waals surface area contributed by atoms with E-state index in [9.17, 15) is 26.7 Å². The number of nitrogens with one attached hydrogen (secondary N) is 2. The molecule has 196 valence electrons. The summed E-state index contributed by atoms with van der Waals surface area (Å²) in [4.78, 5) is 21.4. The highest BCUT2D eigenvalue weighted by Crippen LogP contribution is 2.38. The Labute approximate surface area is 204 Å². The van der Waals surface area contributed by atoms with Gasteiger partial charge < -0.3 is 20.1 Å². The average Bonchev–Trinajstić information content (AvgIpc) is 3.37. The highest BCUT2D eigenvalue weighted by Gasteiger charge is 2.44. The minimum absolute atomic E-state index is 0.0864. The molecule has 1 saturated carbocycles. The first-order valence-corrected chi connectivity index (χ1v) is 11.5. The quantitative estimate of drug-likeness (QED) is 0.482. The van der Waals surface area contributed by atoms with Gasteiger partial charge in [-0.1, -0.05) is 12.1 Å². The molecule has 0 radical (unpaired) electrons. The molecule has 4 rings (SSSR count). The Bertz CT molecular complexity index is 1120. The van der Waals surface area contributed by atoms with E-state index in [1.165, 1.54) is 19.1 Å². The minimum Gasteiger partial charge on any atom is -0.360 e. The highest BCUT2D eigenvalue weighted by atomic mass is 19.4. The van der Waals surface area contributed by atoms with Gasteiger partial charge in [0.15, 0.2) is 6.29 Å². The van der Waals surface area contributed by atoms with Crippen molar-refractivity contribution in [1.82, 2.24) is 15.3 Å². The molecular weight excluding hydrogens is 487 g/mol. The van der Waals surface area contributed by atoms with Crippen LogP contribution in [0.1, 0.15) is 58.9 Å². The lowest BCUT2D eigenvalue weighted by Gasteiger charge is -2.25. The molecule has 7 nitrogen and oxygen atoms in total. The number of carbonyl (C=O) groups excluding carboxylic acids is 1. The summed E-state index contributed by atoms with van der Waals surface area (Å²) in [6.45, 7) is 1.65. The number of ether oxygens (including phenoxy) is 2. The van der Waals surface area contributed by atoms with Crippen LogP contribution in [0, 0.1) is 13.8 Å². The Morgan fingerprint density at radius 1 is 1.17 bits per heavy atom. The number of carbonyl (C=O) groups is 1. The Morgan fingerprint density at radius 3 is 2.44 bits per heavy atom. The second-order valence-corrected chi connectivity index (χ2v) is 9.06. The Hall–Kier alpha value is -2.86. The normalized spacial score (nSPS) is 18.2. The number of anilines is 1. The smallest absolute Gasteiger partial charge is 0.360 e. The van der Waals surface area contributed by atoms with Gasteiger partial charge in [-0.15, -0.1) is 0 Å². The molecule has 0 spiro atoms. The molecule has 1 saturated heterocycles. The van der Waals surface area contributed by atoms with Crippen LogP contribution in [0.3, 0.4) is 0 Å². The van der Waals surface area contributed by atoms with Crippen LogP contribution in [-0.4, -0.2) is 48.0 Å². The average molecular weight is 514 g/mol. The van der Waals surface area contributed by atoms with E-state index in [-0.39, 0.29) is 53.7 Å². The number of hydrogen-bond acceptors (Lipinski definition) is 6. The van der Waals surface area contributed by atoms with Crippen molar-refractivity contribution >= 4 is 11.7 Å². The number of hydrogen-bond donors (Lipinski definition) is 2. The number of aromatic nitrogens is 2. The lowest BCUT2D eigenvalue weighted by molar-refractivity contribution is -0.138. The second-order valence-electron chi connectivity index (χ2n) is 9.06. The molecule has 1 atom stereocenters. The molecule has 1 aliphatic carbocycles. The molecule has 2 heterocycles. The molecule has 0 unspecified atom stereocenters. The minimum atomic E-state index is -4.60. The Kier molecular flexibility index (Phi) is 7.46.